The fraction of sp³-hybridized carbons (Fsp3) is 0.619. The Bertz CT molecular complexity index is 545. The molecule has 2 nitrogen and oxygen atoms in total. The van der Waals surface area contributed by atoms with Crippen molar-refractivity contribution in [3.05, 3.63) is 40.4 Å². The standard InChI is InChI=1S/C21H32ClNO/c1-16(14-18-10-12-20(22)13-11-18)21(24,17(2)15-23(3)4)19-8-6-5-7-9-19/h10-14,17,19,24H,5-9,15H2,1-4H3. The van der Waals surface area contributed by atoms with Crippen LogP contribution in [0.4, 0.5) is 0 Å². The van der Waals surface area contributed by atoms with Gasteiger partial charge in [0.25, 0.3) is 0 Å². The molecule has 0 spiro atoms. The highest BCUT2D eigenvalue weighted by atomic mass is 35.5. The smallest absolute Gasteiger partial charge is 0.0922 e. The molecule has 2 rings (SSSR count). The van der Waals surface area contributed by atoms with E-state index >= 15 is 0 Å². The average Bonchev–Trinajstić information content (AvgIpc) is 2.56. The van der Waals surface area contributed by atoms with E-state index in [0.717, 1.165) is 35.5 Å². The highest BCUT2D eigenvalue weighted by Crippen LogP contribution is 2.42. The SMILES string of the molecule is CC(=Cc1ccc(Cl)cc1)C(O)(C(C)CN(C)C)C1CCCCC1. The van der Waals surface area contributed by atoms with Crippen LogP contribution < -0.4 is 0 Å². The second-order valence-corrected chi connectivity index (χ2v) is 8.14. The number of hydrogen-bond donors (Lipinski definition) is 1. The first-order valence-electron chi connectivity index (χ1n) is 9.15. The number of halogens is 1. The zero-order valence-electron chi connectivity index (χ0n) is 15.6. The van der Waals surface area contributed by atoms with Crippen molar-refractivity contribution in [2.75, 3.05) is 20.6 Å². The summed E-state index contributed by atoms with van der Waals surface area (Å²) in [5.41, 5.74) is 1.43. The van der Waals surface area contributed by atoms with Gasteiger partial charge in [-0.15, -0.1) is 0 Å². The van der Waals surface area contributed by atoms with Gasteiger partial charge in [-0.1, -0.05) is 56.0 Å². The molecule has 1 saturated carbocycles. The van der Waals surface area contributed by atoms with E-state index in [-0.39, 0.29) is 5.92 Å². The average molecular weight is 350 g/mol. The summed E-state index contributed by atoms with van der Waals surface area (Å²) < 4.78 is 0. The van der Waals surface area contributed by atoms with Crippen LogP contribution in [0.3, 0.4) is 0 Å². The molecular weight excluding hydrogens is 318 g/mol. The van der Waals surface area contributed by atoms with E-state index in [0.29, 0.717) is 5.92 Å². The van der Waals surface area contributed by atoms with E-state index in [2.05, 4.69) is 38.9 Å². The number of aliphatic hydroxyl groups is 1. The second kappa shape index (κ2) is 8.51. The zero-order chi connectivity index (χ0) is 17.7. The van der Waals surface area contributed by atoms with Gasteiger partial charge < -0.3 is 10.0 Å². The summed E-state index contributed by atoms with van der Waals surface area (Å²) in [5, 5.41) is 12.6. The van der Waals surface area contributed by atoms with Crippen LogP contribution in [0.5, 0.6) is 0 Å². The Morgan fingerprint density at radius 3 is 2.38 bits per heavy atom. The van der Waals surface area contributed by atoms with Crippen LogP contribution in [0.1, 0.15) is 51.5 Å². The molecule has 0 amide bonds. The first kappa shape index (κ1) is 19.5. The molecule has 0 saturated heterocycles. The summed E-state index contributed by atoms with van der Waals surface area (Å²) in [5.74, 6) is 0.545. The van der Waals surface area contributed by atoms with Gasteiger partial charge in [0.05, 0.1) is 5.60 Å². The molecule has 0 radical (unpaired) electrons. The summed E-state index contributed by atoms with van der Waals surface area (Å²) in [4.78, 5) is 2.17. The van der Waals surface area contributed by atoms with E-state index in [1.807, 2.05) is 24.3 Å². The molecule has 1 N–H and O–H groups in total. The van der Waals surface area contributed by atoms with Gasteiger partial charge in [0.2, 0.25) is 0 Å². The van der Waals surface area contributed by atoms with Crippen LogP contribution in [0, 0.1) is 11.8 Å². The fourth-order valence-electron chi connectivity index (χ4n) is 4.27. The lowest BCUT2D eigenvalue weighted by Gasteiger charge is -2.44. The molecular formula is C21H32ClNO. The highest BCUT2D eigenvalue weighted by Gasteiger charge is 2.43. The van der Waals surface area contributed by atoms with Gasteiger partial charge in [-0.3, -0.25) is 0 Å². The molecule has 1 aliphatic rings. The Kier molecular flexibility index (Phi) is 6.91. The predicted octanol–water partition coefficient (Wildman–Crippen LogP) is 5.25. The zero-order valence-corrected chi connectivity index (χ0v) is 16.3. The lowest BCUT2D eigenvalue weighted by Crippen LogP contribution is -2.49. The van der Waals surface area contributed by atoms with E-state index in [1.165, 1.54) is 19.3 Å². The van der Waals surface area contributed by atoms with Crippen LogP contribution in [-0.4, -0.2) is 36.2 Å². The number of hydrogen-bond acceptors (Lipinski definition) is 2. The first-order valence-corrected chi connectivity index (χ1v) is 9.53. The number of benzene rings is 1. The van der Waals surface area contributed by atoms with Crippen molar-refractivity contribution >= 4 is 17.7 Å². The van der Waals surface area contributed by atoms with E-state index in [1.54, 1.807) is 0 Å². The third-order valence-corrected chi connectivity index (χ3v) is 5.75. The quantitative estimate of drug-likeness (QED) is 0.757. The molecule has 0 heterocycles. The van der Waals surface area contributed by atoms with Gasteiger partial charge in [-0.2, -0.15) is 0 Å². The molecule has 0 bridgehead atoms. The maximum absolute atomic E-state index is 11.8. The Labute approximate surface area is 152 Å². The summed E-state index contributed by atoms with van der Waals surface area (Å²) in [6, 6.07) is 7.85. The van der Waals surface area contributed by atoms with Crippen LogP contribution in [0.2, 0.25) is 5.02 Å². The minimum Gasteiger partial charge on any atom is -0.385 e. The predicted molar refractivity (Wildman–Crippen MR) is 104 cm³/mol. The fourth-order valence-corrected chi connectivity index (χ4v) is 4.39. The van der Waals surface area contributed by atoms with E-state index in [4.69, 9.17) is 11.6 Å². The maximum atomic E-state index is 11.8. The normalized spacial score (nSPS) is 20.9. The van der Waals surface area contributed by atoms with Crippen molar-refractivity contribution in [3.8, 4) is 0 Å². The molecule has 1 aromatic rings. The molecule has 0 aromatic heterocycles. The van der Waals surface area contributed by atoms with Crippen LogP contribution in [0.15, 0.2) is 29.8 Å². The maximum Gasteiger partial charge on any atom is 0.0922 e. The Hall–Kier alpha value is -0.830. The Balaban J connectivity index is 2.34. The number of rotatable bonds is 6. The molecule has 24 heavy (non-hydrogen) atoms. The minimum atomic E-state index is -0.746. The minimum absolute atomic E-state index is 0.194. The molecule has 134 valence electrons. The third kappa shape index (κ3) is 4.62. The van der Waals surface area contributed by atoms with Gasteiger partial charge >= 0.3 is 0 Å². The Morgan fingerprint density at radius 1 is 1.25 bits per heavy atom. The molecule has 1 aromatic carbocycles. The summed E-state index contributed by atoms with van der Waals surface area (Å²) in [7, 11) is 4.16. The van der Waals surface area contributed by atoms with Gasteiger partial charge in [-0.05, 0) is 63.0 Å². The van der Waals surface area contributed by atoms with Gasteiger partial charge in [-0.25, -0.2) is 0 Å². The van der Waals surface area contributed by atoms with Gasteiger partial charge in [0.15, 0.2) is 0 Å². The van der Waals surface area contributed by atoms with Crippen molar-refractivity contribution in [2.45, 2.75) is 51.6 Å². The molecule has 1 aliphatic carbocycles. The summed E-state index contributed by atoms with van der Waals surface area (Å²) >= 11 is 5.99. The molecule has 3 heteroatoms. The monoisotopic (exact) mass is 349 g/mol. The first-order chi connectivity index (χ1) is 11.3. The van der Waals surface area contributed by atoms with Gasteiger partial charge in [0.1, 0.15) is 0 Å². The number of nitrogens with zero attached hydrogens (tertiary/aromatic N) is 1. The lowest BCUT2D eigenvalue weighted by molar-refractivity contribution is -0.0493. The van der Waals surface area contributed by atoms with E-state index < -0.39 is 5.60 Å². The van der Waals surface area contributed by atoms with Gasteiger partial charge in [0, 0.05) is 17.5 Å². The largest absolute Gasteiger partial charge is 0.385 e. The summed E-state index contributed by atoms with van der Waals surface area (Å²) in [6.07, 6.45) is 8.15. The van der Waals surface area contributed by atoms with Crippen molar-refractivity contribution in [2.24, 2.45) is 11.8 Å². The van der Waals surface area contributed by atoms with E-state index in [9.17, 15) is 5.11 Å². The van der Waals surface area contributed by atoms with Crippen LogP contribution in [0.25, 0.3) is 6.08 Å². The van der Waals surface area contributed by atoms with Crippen molar-refractivity contribution in [3.63, 3.8) is 0 Å². The molecule has 2 unspecified atom stereocenters. The summed E-state index contributed by atoms with van der Waals surface area (Å²) in [6.45, 7) is 5.17. The lowest BCUT2D eigenvalue weighted by atomic mass is 9.67. The molecule has 2 atom stereocenters. The third-order valence-electron chi connectivity index (χ3n) is 5.50. The topological polar surface area (TPSA) is 23.5 Å². The van der Waals surface area contributed by atoms with Crippen LogP contribution in [-0.2, 0) is 0 Å². The van der Waals surface area contributed by atoms with Crippen molar-refractivity contribution < 1.29 is 5.11 Å². The second-order valence-electron chi connectivity index (χ2n) is 7.70. The molecule has 1 fully saturated rings. The van der Waals surface area contributed by atoms with Crippen molar-refractivity contribution in [1.82, 2.24) is 4.90 Å². The van der Waals surface area contributed by atoms with Crippen molar-refractivity contribution in [1.29, 1.82) is 0 Å². The molecule has 0 aliphatic heterocycles. The van der Waals surface area contributed by atoms with Crippen LogP contribution >= 0.6 is 11.6 Å². The Morgan fingerprint density at radius 2 is 1.83 bits per heavy atom. The highest BCUT2D eigenvalue weighted by molar-refractivity contribution is 6.30.